The fraction of sp³-hybridized carbons (Fsp3) is 1.00. The highest BCUT2D eigenvalue weighted by molar-refractivity contribution is 7.81. The van der Waals surface area contributed by atoms with Gasteiger partial charge in [-0.2, -0.15) is 12.6 Å². The van der Waals surface area contributed by atoms with Gasteiger partial charge < -0.3 is 4.90 Å². The zero-order valence-electron chi connectivity index (χ0n) is 9.34. The number of thiol groups is 1. The van der Waals surface area contributed by atoms with Crippen LogP contribution in [0.4, 0.5) is 0 Å². The molecule has 1 nitrogen and oxygen atoms in total. The fourth-order valence-electron chi connectivity index (χ4n) is 4.80. The summed E-state index contributed by atoms with van der Waals surface area (Å²) in [6, 6.07) is 0. The van der Waals surface area contributed by atoms with Crippen LogP contribution in [0, 0.1) is 11.8 Å². The molecule has 2 unspecified atom stereocenters. The number of hydrogen-bond acceptors (Lipinski definition) is 1. The van der Waals surface area contributed by atoms with Crippen molar-refractivity contribution in [1.82, 2.24) is 0 Å². The maximum atomic E-state index is 4.99. The van der Waals surface area contributed by atoms with Gasteiger partial charge in [0.1, 0.15) is 0 Å². The largest absolute Gasteiger partial charge is 0.335 e. The molecule has 0 aromatic rings. The minimum atomic E-state index is 0.418. The molecule has 4 bridgehead atoms. The Balaban J connectivity index is 1.96. The smallest absolute Gasteiger partial charge is 0.0991 e. The summed E-state index contributed by atoms with van der Waals surface area (Å²) < 4.78 is 0.418. The molecule has 0 aromatic carbocycles. The van der Waals surface area contributed by atoms with Crippen molar-refractivity contribution in [3.8, 4) is 0 Å². The summed E-state index contributed by atoms with van der Waals surface area (Å²) in [6.07, 6.45) is 8.65. The van der Waals surface area contributed by atoms with E-state index in [1.165, 1.54) is 38.5 Å². The first-order chi connectivity index (χ1) is 6.51. The third kappa shape index (κ3) is 1.19. The lowest BCUT2D eigenvalue weighted by Gasteiger charge is -2.60. The quantitative estimate of drug-likeness (QED) is 0.601. The van der Waals surface area contributed by atoms with Crippen molar-refractivity contribution < 1.29 is 4.90 Å². The second-order valence-corrected chi connectivity index (χ2v) is 7.41. The molecular weight excluding hydrogens is 190 g/mol. The van der Waals surface area contributed by atoms with Crippen LogP contribution < -0.4 is 4.90 Å². The summed E-state index contributed by atoms with van der Waals surface area (Å²) >= 11 is 4.99. The molecular formula is C12H22NS+. The average Bonchev–Trinajstić information content (AvgIpc) is 1.98. The van der Waals surface area contributed by atoms with Crippen LogP contribution in [-0.2, 0) is 0 Å². The Morgan fingerprint density at radius 2 is 1.64 bits per heavy atom. The lowest BCUT2D eigenvalue weighted by Crippen LogP contribution is -3.16. The summed E-state index contributed by atoms with van der Waals surface area (Å²) in [5.74, 6) is 2.01. The van der Waals surface area contributed by atoms with Gasteiger partial charge in [-0.1, -0.05) is 0 Å². The number of nitrogens with one attached hydrogen (secondary N) is 1. The van der Waals surface area contributed by atoms with E-state index < -0.39 is 0 Å². The second kappa shape index (κ2) is 2.70. The monoisotopic (exact) mass is 212 g/mol. The second-order valence-electron chi connectivity index (χ2n) is 6.47. The highest BCUT2D eigenvalue weighted by Crippen LogP contribution is 2.58. The number of quaternary nitrogens is 1. The molecule has 0 saturated heterocycles. The molecule has 0 radical (unpaired) electrons. The van der Waals surface area contributed by atoms with Crippen LogP contribution in [0.2, 0.25) is 0 Å². The number of hydrogen-bond donors (Lipinski definition) is 2. The molecule has 0 spiro atoms. The zero-order valence-corrected chi connectivity index (χ0v) is 10.2. The Morgan fingerprint density at radius 1 is 1.07 bits per heavy atom. The van der Waals surface area contributed by atoms with Gasteiger partial charge in [0.05, 0.1) is 19.6 Å². The van der Waals surface area contributed by atoms with Crippen LogP contribution in [0.5, 0.6) is 0 Å². The van der Waals surface area contributed by atoms with E-state index in [9.17, 15) is 0 Å². The molecule has 80 valence electrons. The van der Waals surface area contributed by atoms with Crippen molar-refractivity contribution >= 4 is 12.6 Å². The molecule has 0 heterocycles. The van der Waals surface area contributed by atoms with Crippen molar-refractivity contribution in [2.75, 3.05) is 14.1 Å². The summed E-state index contributed by atoms with van der Waals surface area (Å²) in [7, 11) is 4.70. The molecule has 4 aliphatic carbocycles. The SMILES string of the molecule is C[NH+](C)C12C[C@@H]3C[C@@H](CC(S)(C3)C1)C2. The standard InChI is InChI=1S/C12H21NS/c1-13(2)11-4-9-3-10(5-11)7-12(14,6-9)8-11/h9-10,14H,3-8H2,1-2H3/p+1/t9-,10+,11?,12?. The molecule has 4 saturated carbocycles. The molecule has 0 amide bonds. The number of rotatable bonds is 1. The molecule has 4 atom stereocenters. The van der Waals surface area contributed by atoms with Gasteiger partial charge in [-0.05, 0) is 31.1 Å². The molecule has 4 rings (SSSR count). The molecule has 4 aliphatic rings. The molecule has 0 aromatic heterocycles. The first-order valence-electron chi connectivity index (χ1n) is 6.04. The highest BCUT2D eigenvalue weighted by Gasteiger charge is 2.59. The molecule has 14 heavy (non-hydrogen) atoms. The van der Waals surface area contributed by atoms with Crippen LogP contribution in [0.1, 0.15) is 38.5 Å². The molecule has 4 fully saturated rings. The average molecular weight is 212 g/mol. The van der Waals surface area contributed by atoms with Crippen molar-refractivity contribution in [2.45, 2.75) is 48.8 Å². The third-order valence-electron chi connectivity index (χ3n) is 5.09. The van der Waals surface area contributed by atoms with Gasteiger partial charge in [-0.15, -0.1) is 0 Å². The fourth-order valence-corrected chi connectivity index (χ4v) is 5.62. The van der Waals surface area contributed by atoms with E-state index in [2.05, 4.69) is 14.1 Å². The predicted molar refractivity (Wildman–Crippen MR) is 61.9 cm³/mol. The van der Waals surface area contributed by atoms with E-state index in [-0.39, 0.29) is 0 Å². The first-order valence-corrected chi connectivity index (χ1v) is 6.49. The Hall–Kier alpha value is 0.310. The lowest BCUT2D eigenvalue weighted by atomic mass is 9.52. The van der Waals surface area contributed by atoms with Crippen LogP contribution in [-0.4, -0.2) is 24.4 Å². The summed E-state index contributed by atoms with van der Waals surface area (Å²) in [5.41, 5.74) is 0.603. The lowest BCUT2D eigenvalue weighted by molar-refractivity contribution is -0.921. The van der Waals surface area contributed by atoms with Gasteiger partial charge in [-0.25, -0.2) is 0 Å². The minimum Gasteiger partial charge on any atom is -0.335 e. The summed E-state index contributed by atoms with van der Waals surface area (Å²) in [5, 5.41) is 0. The van der Waals surface area contributed by atoms with E-state index in [1.54, 1.807) is 4.90 Å². The minimum absolute atomic E-state index is 0.418. The molecule has 2 heteroatoms. The summed E-state index contributed by atoms with van der Waals surface area (Å²) in [6.45, 7) is 0. The first kappa shape index (κ1) is 9.53. The van der Waals surface area contributed by atoms with Crippen molar-refractivity contribution in [1.29, 1.82) is 0 Å². The van der Waals surface area contributed by atoms with Crippen molar-refractivity contribution in [2.24, 2.45) is 11.8 Å². The van der Waals surface area contributed by atoms with Crippen LogP contribution in [0.15, 0.2) is 0 Å². The van der Waals surface area contributed by atoms with Gasteiger partial charge in [0, 0.05) is 24.0 Å². The van der Waals surface area contributed by atoms with Gasteiger partial charge in [0.25, 0.3) is 0 Å². The van der Waals surface area contributed by atoms with Gasteiger partial charge in [0.15, 0.2) is 0 Å². The Bertz CT molecular complexity index is 247. The van der Waals surface area contributed by atoms with Gasteiger partial charge in [-0.3, -0.25) is 0 Å². The molecule has 0 aliphatic heterocycles. The zero-order chi connectivity index (χ0) is 9.97. The van der Waals surface area contributed by atoms with Crippen LogP contribution in [0.25, 0.3) is 0 Å². The summed E-state index contributed by atoms with van der Waals surface area (Å²) in [4.78, 5) is 1.69. The van der Waals surface area contributed by atoms with E-state index >= 15 is 0 Å². The van der Waals surface area contributed by atoms with Crippen molar-refractivity contribution in [3.63, 3.8) is 0 Å². The Kier molecular flexibility index (Phi) is 1.84. The molecule has 1 N–H and O–H groups in total. The normalized spacial score (nSPS) is 55.7. The van der Waals surface area contributed by atoms with E-state index in [4.69, 9.17) is 12.6 Å². The maximum Gasteiger partial charge on any atom is 0.0991 e. The van der Waals surface area contributed by atoms with Crippen molar-refractivity contribution in [3.05, 3.63) is 0 Å². The van der Waals surface area contributed by atoms with Crippen LogP contribution >= 0.6 is 12.6 Å². The topological polar surface area (TPSA) is 4.44 Å². The Morgan fingerprint density at radius 3 is 2.07 bits per heavy atom. The maximum absolute atomic E-state index is 4.99. The van der Waals surface area contributed by atoms with Gasteiger partial charge in [0.2, 0.25) is 0 Å². The van der Waals surface area contributed by atoms with E-state index in [0.717, 1.165) is 11.8 Å². The Labute approximate surface area is 92.7 Å². The predicted octanol–water partition coefficient (Wildman–Crippen LogP) is 1.15. The van der Waals surface area contributed by atoms with Crippen LogP contribution in [0.3, 0.4) is 0 Å². The van der Waals surface area contributed by atoms with Gasteiger partial charge >= 0.3 is 0 Å². The highest BCUT2D eigenvalue weighted by atomic mass is 32.1. The third-order valence-corrected chi connectivity index (χ3v) is 5.61. The van der Waals surface area contributed by atoms with E-state index in [0.29, 0.717) is 10.3 Å². The van der Waals surface area contributed by atoms with E-state index in [1.807, 2.05) is 0 Å².